The number of nitrogens with one attached hydrogen (secondary N) is 2. The third-order valence-electron chi connectivity index (χ3n) is 3.00. The maximum absolute atomic E-state index is 12.1. The average molecular weight is 312 g/mol. The Hall–Kier alpha value is -3.15. The number of imide groups is 1. The Morgan fingerprint density at radius 2 is 1.83 bits per heavy atom. The van der Waals surface area contributed by atoms with Crippen molar-refractivity contribution in [3.05, 3.63) is 60.7 Å². The van der Waals surface area contributed by atoms with Crippen LogP contribution in [0.15, 0.2) is 55.1 Å². The molecule has 0 heterocycles. The van der Waals surface area contributed by atoms with Gasteiger partial charge >= 0.3 is 12.0 Å². The van der Waals surface area contributed by atoms with Crippen LogP contribution in [0, 0.1) is 0 Å². The van der Waals surface area contributed by atoms with Crippen molar-refractivity contribution in [1.82, 2.24) is 10.6 Å². The van der Waals surface area contributed by atoms with Crippen LogP contribution in [0.25, 0.3) is 10.8 Å². The van der Waals surface area contributed by atoms with Crippen molar-refractivity contribution in [2.24, 2.45) is 0 Å². The summed E-state index contributed by atoms with van der Waals surface area (Å²) in [6, 6.07) is 11.9. The molecule has 2 aromatic carbocycles. The van der Waals surface area contributed by atoms with Crippen LogP contribution >= 0.6 is 0 Å². The maximum Gasteiger partial charge on any atom is 0.339 e. The fourth-order valence-corrected chi connectivity index (χ4v) is 1.98. The molecule has 0 saturated heterocycles. The molecule has 0 fully saturated rings. The lowest BCUT2D eigenvalue weighted by atomic mass is 10.1. The van der Waals surface area contributed by atoms with Gasteiger partial charge in [-0.25, -0.2) is 9.59 Å². The second-order valence-electron chi connectivity index (χ2n) is 4.65. The third kappa shape index (κ3) is 4.41. The molecule has 23 heavy (non-hydrogen) atoms. The fourth-order valence-electron chi connectivity index (χ4n) is 1.98. The predicted molar refractivity (Wildman–Crippen MR) is 86.0 cm³/mol. The number of carbonyl (C=O) groups is 3. The average Bonchev–Trinajstić information content (AvgIpc) is 2.57. The van der Waals surface area contributed by atoms with E-state index in [4.69, 9.17) is 4.74 Å². The Morgan fingerprint density at radius 3 is 2.61 bits per heavy atom. The molecule has 0 radical (unpaired) electrons. The molecule has 2 rings (SSSR count). The highest BCUT2D eigenvalue weighted by Gasteiger charge is 2.14. The number of hydrogen-bond donors (Lipinski definition) is 2. The van der Waals surface area contributed by atoms with Crippen LogP contribution in [-0.2, 0) is 9.53 Å². The molecule has 6 nitrogen and oxygen atoms in total. The van der Waals surface area contributed by atoms with E-state index in [-0.39, 0.29) is 6.54 Å². The van der Waals surface area contributed by atoms with Crippen molar-refractivity contribution in [1.29, 1.82) is 0 Å². The first-order valence-corrected chi connectivity index (χ1v) is 6.95. The van der Waals surface area contributed by atoms with Gasteiger partial charge in [0.1, 0.15) is 0 Å². The van der Waals surface area contributed by atoms with Crippen LogP contribution in [0.3, 0.4) is 0 Å². The first kappa shape index (κ1) is 16.2. The Labute approximate surface area is 133 Å². The van der Waals surface area contributed by atoms with Gasteiger partial charge in [-0.3, -0.25) is 10.1 Å². The summed E-state index contributed by atoms with van der Waals surface area (Å²) in [5.41, 5.74) is 0.368. The van der Waals surface area contributed by atoms with Gasteiger partial charge in [0.2, 0.25) is 0 Å². The summed E-state index contributed by atoms with van der Waals surface area (Å²) in [5, 5.41) is 6.06. The zero-order valence-electron chi connectivity index (χ0n) is 12.4. The van der Waals surface area contributed by atoms with E-state index in [0.717, 1.165) is 10.8 Å². The van der Waals surface area contributed by atoms with Gasteiger partial charge in [-0.2, -0.15) is 0 Å². The van der Waals surface area contributed by atoms with Gasteiger partial charge < -0.3 is 10.1 Å². The van der Waals surface area contributed by atoms with Crippen LogP contribution in [0.5, 0.6) is 0 Å². The molecule has 0 spiro atoms. The van der Waals surface area contributed by atoms with Crippen LogP contribution in [0.2, 0.25) is 0 Å². The highest BCUT2D eigenvalue weighted by atomic mass is 16.5. The maximum atomic E-state index is 12.1. The molecule has 118 valence electrons. The molecule has 6 heteroatoms. The Morgan fingerprint density at radius 1 is 1.09 bits per heavy atom. The Bertz CT molecular complexity index is 750. The quantitative estimate of drug-likeness (QED) is 0.653. The second kappa shape index (κ2) is 7.74. The number of ether oxygens (including phenoxy) is 1. The van der Waals surface area contributed by atoms with Crippen molar-refractivity contribution in [2.75, 3.05) is 13.2 Å². The normalized spacial score (nSPS) is 9.91. The Kier molecular flexibility index (Phi) is 5.46. The summed E-state index contributed by atoms with van der Waals surface area (Å²) in [6.45, 7) is 3.13. The topological polar surface area (TPSA) is 84.5 Å². The lowest BCUT2D eigenvalue weighted by Gasteiger charge is -2.08. The molecule has 0 bridgehead atoms. The van der Waals surface area contributed by atoms with Crippen molar-refractivity contribution < 1.29 is 19.1 Å². The van der Waals surface area contributed by atoms with Gasteiger partial charge in [0, 0.05) is 6.54 Å². The van der Waals surface area contributed by atoms with Crippen molar-refractivity contribution in [3.63, 3.8) is 0 Å². The smallest absolute Gasteiger partial charge is 0.339 e. The van der Waals surface area contributed by atoms with Gasteiger partial charge in [0.15, 0.2) is 6.61 Å². The highest BCUT2D eigenvalue weighted by Crippen LogP contribution is 2.19. The monoisotopic (exact) mass is 312 g/mol. The predicted octanol–water partition coefficient (Wildman–Crippen LogP) is 2.01. The highest BCUT2D eigenvalue weighted by molar-refractivity contribution is 6.05. The second-order valence-corrected chi connectivity index (χ2v) is 4.65. The van der Waals surface area contributed by atoms with E-state index in [1.165, 1.54) is 6.08 Å². The molecule has 2 aromatic rings. The van der Waals surface area contributed by atoms with Crippen LogP contribution in [-0.4, -0.2) is 31.1 Å². The summed E-state index contributed by atoms with van der Waals surface area (Å²) in [6.07, 6.45) is 1.48. The van der Waals surface area contributed by atoms with E-state index in [9.17, 15) is 14.4 Å². The molecular weight excluding hydrogens is 296 g/mol. The van der Waals surface area contributed by atoms with Crippen LogP contribution in [0.1, 0.15) is 10.4 Å². The van der Waals surface area contributed by atoms with Gasteiger partial charge in [0.05, 0.1) is 5.56 Å². The zero-order valence-corrected chi connectivity index (χ0v) is 12.4. The van der Waals surface area contributed by atoms with Crippen molar-refractivity contribution in [3.8, 4) is 0 Å². The molecule has 0 saturated carbocycles. The molecule has 3 amide bonds. The molecule has 0 atom stereocenters. The largest absolute Gasteiger partial charge is 0.452 e. The van der Waals surface area contributed by atoms with E-state index in [1.807, 2.05) is 29.6 Å². The molecular formula is C17H16N2O4. The van der Waals surface area contributed by atoms with Crippen molar-refractivity contribution >= 4 is 28.7 Å². The summed E-state index contributed by atoms with van der Waals surface area (Å²) < 4.78 is 4.95. The minimum absolute atomic E-state index is 0.231. The number of carbonyl (C=O) groups excluding carboxylic acids is 3. The molecule has 0 aromatic heterocycles. The summed E-state index contributed by atoms with van der Waals surface area (Å²) in [5.74, 6) is -1.33. The van der Waals surface area contributed by atoms with Crippen LogP contribution < -0.4 is 10.6 Å². The number of hydrogen-bond acceptors (Lipinski definition) is 4. The standard InChI is InChI=1S/C17H16N2O4/c1-2-10-18-17(22)19-15(20)11-23-16(21)14-9-5-7-12-6-3-4-8-13(12)14/h2-9H,1,10-11H2,(H2,18,19,20,22). The zero-order chi connectivity index (χ0) is 16.7. The first-order chi connectivity index (χ1) is 11.1. The van der Waals surface area contributed by atoms with E-state index in [1.54, 1.807) is 18.2 Å². The minimum atomic E-state index is -0.708. The lowest BCUT2D eigenvalue weighted by molar-refractivity contribution is -0.123. The summed E-state index contributed by atoms with van der Waals surface area (Å²) in [7, 11) is 0. The molecule has 0 aliphatic rings. The lowest BCUT2D eigenvalue weighted by Crippen LogP contribution is -2.41. The number of amides is 3. The third-order valence-corrected chi connectivity index (χ3v) is 3.00. The number of urea groups is 1. The van der Waals surface area contributed by atoms with Gasteiger partial charge in [0.25, 0.3) is 5.91 Å². The molecule has 2 N–H and O–H groups in total. The molecule has 0 unspecified atom stereocenters. The van der Waals surface area contributed by atoms with E-state index in [0.29, 0.717) is 5.56 Å². The molecule has 0 aliphatic carbocycles. The van der Waals surface area contributed by atoms with Crippen molar-refractivity contribution in [2.45, 2.75) is 0 Å². The van der Waals surface area contributed by atoms with Gasteiger partial charge in [-0.05, 0) is 16.8 Å². The van der Waals surface area contributed by atoms with E-state index >= 15 is 0 Å². The summed E-state index contributed by atoms with van der Waals surface area (Å²) in [4.78, 5) is 34.9. The van der Waals surface area contributed by atoms with E-state index in [2.05, 4.69) is 11.9 Å². The van der Waals surface area contributed by atoms with E-state index < -0.39 is 24.5 Å². The first-order valence-electron chi connectivity index (χ1n) is 6.95. The van der Waals surface area contributed by atoms with Crippen LogP contribution in [0.4, 0.5) is 4.79 Å². The van der Waals surface area contributed by atoms with Gasteiger partial charge in [-0.1, -0.05) is 42.5 Å². The molecule has 0 aliphatic heterocycles. The number of esters is 1. The fraction of sp³-hybridized carbons (Fsp3) is 0.118. The number of benzene rings is 2. The number of rotatable bonds is 5. The summed E-state index contributed by atoms with van der Waals surface area (Å²) >= 11 is 0. The van der Waals surface area contributed by atoms with Gasteiger partial charge in [-0.15, -0.1) is 6.58 Å². The minimum Gasteiger partial charge on any atom is -0.452 e. The SMILES string of the molecule is C=CCNC(=O)NC(=O)COC(=O)c1cccc2ccccc12. The number of fused-ring (bicyclic) bond motifs is 1. The Balaban J connectivity index is 1.95.